The van der Waals surface area contributed by atoms with Crippen molar-refractivity contribution in [3.8, 4) is 0 Å². The third-order valence-corrected chi connectivity index (χ3v) is 3.69. The summed E-state index contributed by atoms with van der Waals surface area (Å²) in [5.74, 6) is -1.25. The summed E-state index contributed by atoms with van der Waals surface area (Å²) in [7, 11) is 0. The molecule has 0 aliphatic rings. The highest BCUT2D eigenvalue weighted by Crippen LogP contribution is 2.10. The van der Waals surface area contributed by atoms with Crippen LogP contribution in [0.25, 0.3) is 0 Å². The summed E-state index contributed by atoms with van der Waals surface area (Å²) < 4.78 is 0. The van der Waals surface area contributed by atoms with Crippen molar-refractivity contribution in [2.45, 2.75) is 25.3 Å². The summed E-state index contributed by atoms with van der Waals surface area (Å²) in [6.45, 7) is 0.504. The predicted molar refractivity (Wildman–Crippen MR) is 85.3 cm³/mol. The molecular formula is C15H22N2O3S. The van der Waals surface area contributed by atoms with Gasteiger partial charge in [-0.2, -0.15) is 12.6 Å². The number of nitrogens with one attached hydrogen (secondary N) is 1. The average Bonchev–Trinajstić information content (AvgIpc) is 2.48. The molecule has 0 heterocycles. The molecule has 5 nitrogen and oxygen atoms in total. The molecule has 21 heavy (non-hydrogen) atoms. The third-order valence-electron chi connectivity index (χ3n) is 3.25. The molecule has 0 aromatic heterocycles. The number of amides is 1. The standard InChI is InChI=1S/C15H22N2O3S/c16-8-4-7-12(10-21)14(18)17-13(15(19)20)9-11-5-2-1-3-6-11/h1-3,5-6,12-13,21H,4,7-10,16H2,(H,17,18)(H,19,20)/t12?,13-/m0/s1. The van der Waals surface area contributed by atoms with E-state index in [0.29, 0.717) is 18.7 Å². The van der Waals surface area contributed by atoms with E-state index < -0.39 is 12.0 Å². The molecule has 116 valence electrons. The molecule has 6 heteroatoms. The maximum absolute atomic E-state index is 12.1. The van der Waals surface area contributed by atoms with Crippen molar-refractivity contribution in [1.29, 1.82) is 0 Å². The molecule has 0 saturated heterocycles. The zero-order valence-electron chi connectivity index (χ0n) is 11.9. The average molecular weight is 310 g/mol. The summed E-state index contributed by atoms with van der Waals surface area (Å²) >= 11 is 4.15. The molecule has 1 aromatic carbocycles. The fraction of sp³-hybridized carbons (Fsp3) is 0.467. The van der Waals surface area contributed by atoms with Gasteiger partial charge in [-0.25, -0.2) is 4.79 Å². The molecule has 2 atom stereocenters. The highest BCUT2D eigenvalue weighted by Gasteiger charge is 2.24. The zero-order chi connectivity index (χ0) is 15.7. The van der Waals surface area contributed by atoms with E-state index in [-0.39, 0.29) is 18.2 Å². The van der Waals surface area contributed by atoms with Crippen molar-refractivity contribution in [2.24, 2.45) is 11.7 Å². The minimum absolute atomic E-state index is 0.262. The lowest BCUT2D eigenvalue weighted by Crippen LogP contribution is -2.45. The highest BCUT2D eigenvalue weighted by atomic mass is 32.1. The van der Waals surface area contributed by atoms with Gasteiger partial charge in [-0.1, -0.05) is 30.3 Å². The molecule has 0 saturated carbocycles. The molecule has 0 spiro atoms. The Labute approximate surface area is 130 Å². The fourth-order valence-corrected chi connectivity index (χ4v) is 2.36. The Balaban J connectivity index is 2.65. The molecule has 1 unspecified atom stereocenters. The van der Waals surface area contributed by atoms with Crippen LogP contribution in [0.3, 0.4) is 0 Å². The van der Waals surface area contributed by atoms with Crippen molar-refractivity contribution < 1.29 is 14.7 Å². The summed E-state index contributed by atoms with van der Waals surface area (Å²) in [6.07, 6.45) is 1.59. The quantitative estimate of drug-likeness (QED) is 0.514. The smallest absolute Gasteiger partial charge is 0.326 e. The van der Waals surface area contributed by atoms with Gasteiger partial charge >= 0.3 is 5.97 Å². The van der Waals surface area contributed by atoms with Crippen molar-refractivity contribution in [3.05, 3.63) is 35.9 Å². The summed E-state index contributed by atoms with van der Waals surface area (Å²) in [6, 6.07) is 8.29. The topological polar surface area (TPSA) is 92.4 Å². The Morgan fingerprint density at radius 1 is 1.29 bits per heavy atom. The monoisotopic (exact) mass is 310 g/mol. The number of aliphatic carboxylic acids is 1. The summed E-state index contributed by atoms with van der Waals surface area (Å²) in [4.78, 5) is 23.4. The molecule has 1 rings (SSSR count). The van der Waals surface area contributed by atoms with E-state index in [0.717, 1.165) is 12.0 Å². The van der Waals surface area contributed by atoms with Crippen LogP contribution in [-0.2, 0) is 16.0 Å². The first-order valence-corrected chi connectivity index (χ1v) is 7.59. The molecule has 0 bridgehead atoms. The van der Waals surface area contributed by atoms with Crippen LogP contribution in [0, 0.1) is 5.92 Å². The lowest BCUT2D eigenvalue weighted by molar-refractivity contribution is -0.142. The van der Waals surface area contributed by atoms with E-state index in [9.17, 15) is 14.7 Å². The Bertz CT molecular complexity index is 453. The van der Waals surface area contributed by atoms with E-state index in [1.165, 1.54) is 0 Å². The van der Waals surface area contributed by atoms with Gasteiger partial charge in [0.1, 0.15) is 6.04 Å². The first-order valence-electron chi connectivity index (χ1n) is 6.96. The molecule has 1 amide bonds. The fourth-order valence-electron chi connectivity index (χ4n) is 2.01. The van der Waals surface area contributed by atoms with E-state index in [4.69, 9.17) is 5.73 Å². The Hall–Kier alpha value is -1.53. The number of carboxylic acids is 1. The number of nitrogens with two attached hydrogens (primary N) is 1. The van der Waals surface area contributed by atoms with Gasteiger partial charge in [0.15, 0.2) is 0 Å². The van der Waals surface area contributed by atoms with Crippen molar-refractivity contribution >= 4 is 24.5 Å². The molecular weight excluding hydrogens is 288 g/mol. The molecule has 0 radical (unpaired) electrons. The van der Waals surface area contributed by atoms with E-state index >= 15 is 0 Å². The van der Waals surface area contributed by atoms with Gasteiger partial charge in [0.2, 0.25) is 5.91 Å². The Kier molecular flexibility index (Phi) is 7.85. The minimum atomic E-state index is -1.04. The normalized spacial score (nSPS) is 13.4. The Morgan fingerprint density at radius 2 is 1.95 bits per heavy atom. The van der Waals surface area contributed by atoms with Crippen molar-refractivity contribution in [3.63, 3.8) is 0 Å². The van der Waals surface area contributed by atoms with Crippen molar-refractivity contribution in [1.82, 2.24) is 5.32 Å². The van der Waals surface area contributed by atoms with Crippen LogP contribution in [0.4, 0.5) is 0 Å². The number of carbonyl (C=O) groups excluding carboxylic acids is 1. The largest absolute Gasteiger partial charge is 0.480 e. The third kappa shape index (κ3) is 6.18. The maximum Gasteiger partial charge on any atom is 0.326 e. The van der Waals surface area contributed by atoms with Gasteiger partial charge in [0.25, 0.3) is 0 Å². The summed E-state index contributed by atoms with van der Waals surface area (Å²) in [5.41, 5.74) is 6.30. The second-order valence-electron chi connectivity index (χ2n) is 4.90. The summed E-state index contributed by atoms with van der Waals surface area (Å²) in [5, 5.41) is 11.9. The van der Waals surface area contributed by atoms with Crippen LogP contribution in [0.2, 0.25) is 0 Å². The van der Waals surface area contributed by atoms with Gasteiger partial charge in [-0.15, -0.1) is 0 Å². The second-order valence-corrected chi connectivity index (χ2v) is 5.26. The van der Waals surface area contributed by atoms with E-state index in [1.807, 2.05) is 30.3 Å². The number of carbonyl (C=O) groups is 2. The first kappa shape index (κ1) is 17.5. The van der Waals surface area contributed by atoms with Crippen LogP contribution in [-0.4, -0.2) is 35.3 Å². The molecule has 1 aromatic rings. The van der Waals surface area contributed by atoms with Crippen LogP contribution >= 0.6 is 12.6 Å². The van der Waals surface area contributed by atoms with Crippen LogP contribution < -0.4 is 11.1 Å². The Morgan fingerprint density at radius 3 is 2.48 bits per heavy atom. The lowest BCUT2D eigenvalue weighted by atomic mass is 10.0. The lowest BCUT2D eigenvalue weighted by Gasteiger charge is -2.19. The van der Waals surface area contributed by atoms with Crippen LogP contribution in [0.1, 0.15) is 18.4 Å². The molecule has 0 aliphatic carbocycles. The molecule has 4 N–H and O–H groups in total. The SMILES string of the molecule is NCCCC(CS)C(=O)N[C@@H](Cc1ccccc1)C(=O)O. The van der Waals surface area contributed by atoms with Crippen LogP contribution in [0.15, 0.2) is 30.3 Å². The number of thiol groups is 1. The van der Waals surface area contributed by atoms with Crippen LogP contribution in [0.5, 0.6) is 0 Å². The van der Waals surface area contributed by atoms with E-state index in [1.54, 1.807) is 0 Å². The van der Waals surface area contributed by atoms with Gasteiger partial charge in [0.05, 0.1) is 0 Å². The number of hydrogen-bond acceptors (Lipinski definition) is 4. The van der Waals surface area contributed by atoms with Gasteiger partial charge in [-0.05, 0) is 24.9 Å². The zero-order valence-corrected chi connectivity index (χ0v) is 12.8. The van der Waals surface area contributed by atoms with Gasteiger partial charge in [0, 0.05) is 18.1 Å². The minimum Gasteiger partial charge on any atom is -0.480 e. The van der Waals surface area contributed by atoms with E-state index in [2.05, 4.69) is 17.9 Å². The first-order chi connectivity index (χ1) is 10.1. The second kappa shape index (κ2) is 9.41. The maximum atomic E-state index is 12.1. The highest BCUT2D eigenvalue weighted by molar-refractivity contribution is 7.80. The molecule has 0 aliphatic heterocycles. The number of hydrogen-bond donors (Lipinski definition) is 4. The molecule has 0 fully saturated rings. The number of carboxylic acid groups (broad SMARTS) is 1. The van der Waals surface area contributed by atoms with Crippen molar-refractivity contribution in [2.75, 3.05) is 12.3 Å². The number of rotatable bonds is 9. The van der Waals surface area contributed by atoms with Gasteiger partial charge in [-0.3, -0.25) is 4.79 Å². The number of benzene rings is 1. The van der Waals surface area contributed by atoms with Gasteiger partial charge < -0.3 is 16.2 Å². The predicted octanol–water partition coefficient (Wildman–Crippen LogP) is 1.08.